The number of esters is 1. The van der Waals surface area contributed by atoms with Crippen molar-refractivity contribution < 1.29 is 19.1 Å². The van der Waals surface area contributed by atoms with Gasteiger partial charge in [-0.15, -0.1) is 0 Å². The van der Waals surface area contributed by atoms with E-state index in [1.54, 1.807) is 43.0 Å². The first-order valence-corrected chi connectivity index (χ1v) is 9.20. The average molecular weight is 352 g/mol. The van der Waals surface area contributed by atoms with Crippen molar-refractivity contribution in [3.63, 3.8) is 0 Å². The molecular formula is C17H24N2O4S. The van der Waals surface area contributed by atoms with Crippen LogP contribution in [0.2, 0.25) is 0 Å². The van der Waals surface area contributed by atoms with E-state index >= 15 is 0 Å². The molecule has 0 spiro atoms. The molecule has 132 valence electrons. The number of thioether (sulfide) groups is 1. The third-order valence-electron chi connectivity index (χ3n) is 3.51. The number of rotatable bonds is 5. The molecule has 1 amide bonds. The largest absolute Gasteiger partial charge is 0.462 e. The molecule has 24 heavy (non-hydrogen) atoms. The van der Waals surface area contributed by atoms with Gasteiger partial charge in [-0.25, -0.2) is 4.79 Å². The molecule has 1 aromatic carbocycles. The number of amides is 1. The lowest BCUT2D eigenvalue weighted by Gasteiger charge is -2.25. The summed E-state index contributed by atoms with van der Waals surface area (Å²) in [4.78, 5) is 25.5. The van der Waals surface area contributed by atoms with Gasteiger partial charge in [0.15, 0.2) is 0 Å². The molecule has 6 nitrogen and oxygen atoms in total. The number of carbonyl (C=O) groups excluding carboxylic acids is 2. The Morgan fingerprint density at radius 2 is 1.83 bits per heavy atom. The molecule has 1 atom stereocenters. The normalized spacial score (nSPS) is 15.9. The Kier molecular flexibility index (Phi) is 6.93. The van der Waals surface area contributed by atoms with Gasteiger partial charge in [0.2, 0.25) is 0 Å². The van der Waals surface area contributed by atoms with Crippen molar-refractivity contribution in [2.75, 3.05) is 24.6 Å². The molecule has 0 bridgehead atoms. The predicted octanol–water partition coefficient (Wildman–Crippen LogP) is 2.06. The van der Waals surface area contributed by atoms with Crippen LogP contribution >= 0.6 is 11.8 Å². The minimum atomic E-state index is -0.702. The van der Waals surface area contributed by atoms with Gasteiger partial charge in [-0.2, -0.15) is 11.8 Å². The van der Waals surface area contributed by atoms with Crippen LogP contribution in [0.4, 0.5) is 4.79 Å². The van der Waals surface area contributed by atoms with E-state index in [2.05, 4.69) is 0 Å². The van der Waals surface area contributed by atoms with Crippen molar-refractivity contribution in [2.24, 2.45) is 5.73 Å². The smallest absolute Gasteiger partial charge is 0.415 e. The minimum absolute atomic E-state index is 0.182. The zero-order chi connectivity index (χ0) is 17.5. The number of ether oxygens (including phenoxy) is 2. The molecule has 0 saturated carbocycles. The van der Waals surface area contributed by atoms with Crippen LogP contribution in [0.15, 0.2) is 24.3 Å². The van der Waals surface area contributed by atoms with Crippen LogP contribution in [0.3, 0.4) is 0 Å². The topological polar surface area (TPSA) is 81.9 Å². The highest BCUT2D eigenvalue weighted by molar-refractivity contribution is 7.99. The van der Waals surface area contributed by atoms with E-state index in [1.807, 2.05) is 11.8 Å². The van der Waals surface area contributed by atoms with Crippen molar-refractivity contribution in [3.8, 4) is 5.75 Å². The average Bonchev–Trinajstić information content (AvgIpc) is 2.56. The van der Waals surface area contributed by atoms with Crippen LogP contribution in [0.5, 0.6) is 5.75 Å². The van der Waals surface area contributed by atoms with E-state index in [0.29, 0.717) is 25.3 Å². The highest BCUT2D eigenvalue weighted by Crippen LogP contribution is 2.16. The number of benzene rings is 1. The van der Waals surface area contributed by atoms with Gasteiger partial charge < -0.3 is 20.1 Å². The lowest BCUT2D eigenvalue weighted by Crippen LogP contribution is -2.39. The maximum absolute atomic E-state index is 12.0. The Bertz CT molecular complexity index is 556. The molecule has 1 saturated heterocycles. The molecule has 1 aromatic rings. The maximum atomic E-state index is 12.0. The minimum Gasteiger partial charge on any atom is -0.462 e. The first-order valence-electron chi connectivity index (χ1n) is 8.05. The zero-order valence-corrected chi connectivity index (χ0v) is 14.9. The van der Waals surface area contributed by atoms with Gasteiger partial charge in [-0.3, -0.25) is 4.79 Å². The van der Waals surface area contributed by atoms with Crippen molar-refractivity contribution in [1.29, 1.82) is 0 Å². The summed E-state index contributed by atoms with van der Waals surface area (Å²) in [6.07, 6.45) is -0.123. The molecule has 0 aromatic heterocycles. The fraction of sp³-hybridized carbons (Fsp3) is 0.529. The molecule has 1 aliphatic heterocycles. The second kappa shape index (κ2) is 8.94. The number of hydrogen-bond acceptors (Lipinski definition) is 6. The first kappa shape index (κ1) is 18.6. The molecule has 1 fully saturated rings. The van der Waals surface area contributed by atoms with E-state index < -0.39 is 12.0 Å². The lowest BCUT2D eigenvalue weighted by atomic mass is 10.1. The lowest BCUT2D eigenvalue weighted by molar-refractivity contribution is -0.148. The summed E-state index contributed by atoms with van der Waals surface area (Å²) in [6.45, 7) is 5.01. The van der Waals surface area contributed by atoms with Crippen molar-refractivity contribution in [1.82, 2.24) is 4.90 Å². The Morgan fingerprint density at radius 3 is 2.42 bits per heavy atom. The summed E-state index contributed by atoms with van der Waals surface area (Å²) in [5.74, 6) is 1.96. The SMILES string of the molecule is CC(C)OC(=O)[C@@H](N)Cc1ccc(OC(=O)N2CCSCC2)cc1. The van der Waals surface area contributed by atoms with Gasteiger partial charge in [0.05, 0.1) is 6.10 Å². The number of nitrogens with two attached hydrogens (primary N) is 1. The summed E-state index contributed by atoms with van der Waals surface area (Å²) in [6, 6.07) is 6.33. The highest BCUT2D eigenvalue weighted by atomic mass is 32.2. The Hall–Kier alpha value is -1.73. The summed E-state index contributed by atoms with van der Waals surface area (Å²) >= 11 is 1.84. The number of carbonyl (C=O) groups is 2. The van der Waals surface area contributed by atoms with E-state index in [-0.39, 0.29) is 12.2 Å². The summed E-state index contributed by atoms with van der Waals surface area (Å²) in [7, 11) is 0. The molecule has 0 radical (unpaired) electrons. The zero-order valence-electron chi connectivity index (χ0n) is 14.1. The van der Waals surface area contributed by atoms with Gasteiger partial charge in [0.1, 0.15) is 11.8 Å². The van der Waals surface area contributed by atoms with Crippen LogP contribution in [0.25, 0.3) is 0 Å². The maximum Gasteiger partial charge on any atom is 0.415 e. The number of nitrogens with zero attached hydrogens (tertiary/aromatic N) is 1. The molecular weight excluding hydrogens is 328 g/mol. The summed E-state index contributed by atoms with van der Waals surface area (Å²) in [5.41, 5.74) is 6.73. The molecule has 0 unspecified atom stereocenters. The second-order valence-corrected chi connectivity index (χ2v) is 7.13. The molecule has 1 heterocycles. The van der Waals surface area contributed by atoms with Crippen molar-refractivity contribution >= 4 is 23.8 Å². The van der Waals surface area contributed by atoms with Gasteiger partial charge in [0.25, 0.3) is 0 Å². The standard InChI is InChI=1S/C17H24N2O4S/c1-12(2)22-16(20)15(18)11-13-3-5-14(6-4-13)23-17(21)19-7-9-24-10-8-19/h3-6,12,15H,7-11,18H2,1-2H3/t15-/m0/s1. The first-order chi connectivity index (χ1) is 11.5. The van der Waals surface area contributed by atoms with Gasteiger partial charge in [-0.05, 0) is 38.0 Å². The Morgan fingerprint density at radius 1 is 1.21 bits per heavy atom. The third-order valence-corrected chi connectivity index (χ3v) is 4.45. The number of hydrogen-bond donors (Lipinski definition) is 1. The van der Waals surface area contributed by atoms with E-state index in [0.717, 1.165) is 17.1 Å². The van der Waals surface area contributed by atoms with Crippen LogP contribution in [0.1, 0.15) is 19.4 Å². The fourth-order valence-corrected chi connectivity index (χ4v) is 3.16. The Balaban J connectivity index is 1.86. The van der Waals surface area contributed by atoms with E-state index in [1.165, 1.54) is 0 Å². The molecule has 1 aliphatic rings. The predicted molar refractivity (Wildman–Crippen MR) is 94.3 cm³/mol. The van der Waals surface area contributed by atoms with Gasteiger partial charge >= 0.3 is 12.1 Å². The molecule has 0 aliphatic carbocycles. The van der Waals surface area contributed by atoms with E-state index in [4.69, 9.17) is 15.2 Å². The fourth-order valence-electron chi connectivity index (χ4n) is 2.26. The van der Waals surface area contributed by atoms with Crippen LogP contribution < -0.4 is 10.5 Å². The monoisotopic (exact) mass is 352 g/mol. The molecule has 2 rings (SSSR count). The van der Waals surface area contributed by atoms with Gasteiger partial charge in [-0.1, -0.05) is 12.1 Å². The molecule has 2 N–H and O–H groups in total. The van der Waals surface area contributed by atoms with Crippen LogP contribution in [-0.2, 0) is 16.0 Å². The van der Waals surface area contributed by atoms with Crippen molar-refractivity contribution in [3.05, 3.63) is 29.8 Å². The molecule has 7 heteroatoms. The quantitative estimate of drug-likeness (QED) is 0.817. The Labute approximate surface area is 146 Å². The van der Waals surface area contributed by atoms with Crippen LogP contribution in [0, 0.1) is 0 Å². The third kappa shape index (κ3) is 5.72. The second-order valence-electron chi connectivity index (χ2n) is 5.91. The van der Waals surface area contributed by atoms with Crippen molar-refractivity contribution in [2.45, 2.75) is 32.4 Å². The van der Waals surface area contributed by atoms with E-state index in [9.17, 15) is 9.59 Å². The summed E-state index contributed by atoms with van der Waals surface area (Å²) in [5, 5.41) is 0. The highest BCUT2D eigenvalue weighted by Gasteiger charge is 2.19. The van der Waals surface area contributed by atoms with Crippen LogP contribution in [-0.4, -0.2) is 53.7 Å². The summed E-state index contributed by atoms with van der Waals surface area (Å²) < 4.78 is 10.5. The van der Waals surface area contributed by atoms with Gasteiger partial charge in [0, 0.05) is 24.6 Å².